The average Bonchev–Trinajstić information content (AvgIpc) is 4.07. The molecule has 3 N–H and O–H groups in total. The van der Waals surface area contributed by atoms with Crippen LogP contribution in [0.25, 0.3) is 11.0 Å². The summed E-state index contributed by atoms with van der Waals surface area (Å²) in [6.45, 7) is 10.3. The second kappa shape index (κ2) is 16.2. The molecule has 4 aliphatic rings. The quantitative estimate of drug-likeness (QED) is 0.323. The molecule has 4 amide bonds. The molecule has 0 spiro atoms. The summed E-state index contributed by atoms with van der Waals surface area (Å²) < 4.78 is 72.4. The van der Waals surface area contributed by atoms with Gasteiger partial charge in [0.25, 0.3) is 11.8 Å². The minimum atomic E-state index is -3.94. The molecule has 6 rings (SSSR count). The van der Waals surface area contributed by atoms with Crippen LogP contribution in [-0.2, 0) is 35.1 Å². The maximum Gasteiger partial charge on any atom is 0.408 e. The van der Waals surface area contributed by atoms with Crippen LogP contribution >= 0.6 is 0 Å². The van der Waals surface area contributed by atoms with E-state index in [1.807, 2.05) is 6.92 Å². The van der Waals surface area contributed by atoms with Crippen molar-refractivity contribution in [2.75, 3.05) is 6.54 Å². The molecule has 2 bridgehead atoms. The predicted molar refractivity (Wildman–Crippen MR) is 207 cm³/mol. The number of fused-ring (bicyclic) bond motifs is 4. The highest BCUT2D eigenvalue weighted by molar-refractivity contribution is 7.91. The minimum Gasteiger partial charge on any atom is -0.471 e. The number of carbonyl (C=O) groups is 4. The summed E-state index contributed by atoms with van der Waals surface area (Å²) in [5.41, 5.74) is -2.52. The van der Waals surface area contributed by atoms with Gasteiger partial charge < -0.3 is 25.0 Å². The fourth-order valence-corrected chi connectivity index (χ4v) is 9.61. The number of sulfonamides is 1. The molecule has 2 aliphatic carbocycles. The number of hydrogen-bond acceptors (Lipinski definition) is 10. The van der Waals surface area contributed by atoms with Crippen molar-refractivity contribution in [3.8, 4) is 5.88 Å². The Morgan fingerprint density at radius 3 is 2.26 bits per heavy atom. The summed E-state index contributed by atoms with van der Waals surface area (Å²) in [4.78, 5) is 66.7. The Hall–Kier alpha value is -4.15. The van der Waals surface area contributed by atoms with Gasteiger partial charge in [-0.05, 0) is 75.3 Å². The van der Waals surface area contributed by atoms with Crippen LogP contribution in [0.2, 0.25) is 0 Å². The van der Waals surface area contributed by atoms with Crippen LogP contribution in [0.3, 0.4) is 0 Å². The second-order valence-electron chi connectivity index (χ2n) is 17.3. The Kier molecular flexibility index (Phi) is 12.1. The van der Waals surface area contributed by atoms with E-state index >= 15 is 8.78 Å². The van der Waals surface area contributed by atoms with Crippen molar-refractivity contribution in [1.29, 1.82) is 0 Å². The Morgan fingerprint density at radius 1 is 0.982 bits per heavy atom. The van der Waals surface area contributed by atoms with E-state index in [0.717, 1.165) is 0 Å². The zero-order valence-corrected chi connectivity index (χ0v) is 34.4. The maximum absolute atomic E-state index is 16.2. The van der Waals surface area contributed by atoms with E-state index in [4.69, 9.17) is 9.47 Å². The molecule has 0 unspecified atom stereocenters. The van der Waals surface area contributed by atoms with Crippen LogP contribution < -0.4 is 20.1 Å². The zero-order chi connectivity index (χ0) is 41.5. The standard InChI is InChI=1S/C40H56F2N6O8S/c1-7-24-21-39(24,36(51)47-57(53,54)25-18-19-25)46-33(49)30-26(8-2)29-22-48(30)35(50)32(38(4,5)6)45-37(52)55-23(3)15-11-9-10-14-20-40(41,42)31-34(56-29)44-28-17-13-12-16-27(28)43-31/h12-13,16-17,23-26,29-30,32H,7-11,14-15,18-22H2,1-6H3,(H,45,52)(H,46,49)(H,47,51)/t23-,24-,26-,29+,30+,32-,39-/m1/s1. The molecule has 1 aromatic carbocycles. The third-order valence-corrected chi connectivity index (χ3v) is 13.7. The van der Waals surface area contributed by atoms with Crippen molar-refractivity contribution >= 4 is 44.9 Å². The second-order valence-corrected chi connectivity index (χ2v) is 19.3. The van der Waals surface area contributed by atoms with Crippen molar-refractivity contribution in [3.63, 3.8) is 0 Å². The molecule has 1 saturated heterocycles. The summed E-state index contributed by atoms with van der Waals surface area (Å²) in [6, 6.07) is 4.06. The van der Waals surface area contributed by atoms with E-state index in [1.54, 1.807) is 58.9 Å². The lowest BCUT2D eigenvalue weighted by atomic mass is 9.85. The molecule has 57 heavy (non-hydrogen) atoms. The van der Waals surface area contributed by atoms with Gasteiger partial charge in [-0.15, -0.1) is 0 Å². The molecule has 7 atom stereocenters. The molecule has 17 heteroatoms. The lowest BCUT2D eigenvalue weighted by Gasteiger charge is -2.36. The van der Waals surface area contributed by atoms with E-state index in [1.165, 1.54) is 4.90 Å². The van der Waals surface area contributed by atoms with Crippen molar-refractivity contribution in [1.82, 2.24) is 30.2 Å². The molecule has 2 aromatic rings. The number of amides is 4. The largest absolute Gasteiger partial charge is 0.471 e. The predicted octanol–water partition coefficient (Wildman–Crippen LogP) is 5.48. The van der Waals surface area contributed by atoms with Crippen LogP contribution in [0.4, 0.5) is 13.6 Å². The highest BCUT2D eigenvalue weighted by atomic mass is 32.2. The first kappa shape index (κ1) is 42.5. The topological polar surface area (TPSA) is 186 Å². The number of aromatic nitrogens is 2. The normalized spacial score (nSPS) is 30.1. The van der Waals surface area contributed by atoms with Crippen molar-refractivity contribution in [2.24, 2.45) is 17.3 Å². The smallest absolute Gasteiger partial charge is 0.408 e. The lowest BCUT2D eigenvalue weighted by molar-refractivity contribution is -0.143. The Morgan fingerprint density at radius 2 is 1.65 bits per heavy atom. The number of halogens is 2. The van der Waals surface area contributed by atoms with Gasteiger partial charge in [-0.25, -0.2) is 23.2 Å². The van der Waals surface area contributed by atoms with Gasteiger partial charge in [0.2, 0.25) is 27.7 Å². The molecular formula is C40H56F2N6O8S. The summed E-state index contributed by atoms with van der Waals surface area (Å²) in [7, 11) is -3.94. The summed E-state index contributed by atoms with van der Waals surface area (Å²) in [5, 5.41) is 4.90. The van der Waals surface area contributed by atoms with Crippen LogP contribution in [0, 0.1) is 17.3 Å². The minimum absolute atomic E-state index is 0.181. The van der Waals surface area contributed by atoms with E-state index in [2.05, 4.69) is 25.3 Å². The molecule has 2 aliphatic heterocycles. The van der Waals surface area contributed by atoms with Crippen LogP contribution in [-0.4, -0.2) is 88.7 Å². The van der Waals surface area contributed by atoms with Gasteiger partial charge >= 0.3 is 6.09 Å². The average molecular weight is 819 g/mol. The monoisotopic (exact) mass is 818 g/mol. The van der Waals surface area contributed by atoms with Crippen molar-refractivity contribution in [2.45, 2.75) is 153 Å². The Balaban J connectivity index is 1.41. The molecule has 1 aromatic heterocycles. The zero-order valence-electron chi connectivity index (χ0n) is 33.6. The Bertz CT molecular complexity index is 1970. The number of cyclic esters (lactones) is 1. The summed E-state index contributed by atoms with van der Waals surface area (Å²) >= 11 is 0. The molecule has 3 heterocycles. The van der Waals surface area contributed by atoms with E-state index in [-0.39, 0.29) is 37.2 Å². The number of alkyl halides is 2. The number of rotatable bonds is 7. The van der Waals surface area contributed by atoms with Gasteiger partial charge in [0.15, 0.2) is 5.69 Å². The number of alkyl carbamates (subject to hydrolysis) is 1. The number of nitrogens with zero attached hydrogens (tertiary/aromatic N) is 3. The molecular weight excluding hydrogens is 763 g/mol. The number of benzene rings is 1. The fraction of sp³-hybridized carbons (Fsp3) is 0.700. The highest BCUT2D eigenvalue weighted by Gasteiger charge is 2.63. The van der Waals surface area contributed by atoms with Crippen LogP contribution in [0.5, 0.6) is 5.88 Å². The lowest BCUT2D eigenvalue weighted by Crippen LogP contribution is -2.61. The SMILES string of the molecule is CC[C@@H]1[C@@H]2CN(C(=O)[C@H](C(C)(C)C)NC(=O)O[C@H](C)CCCCCCC(F)(F)c3nc4ccccc4nc3O2)[C@@H]1C(=O)N[C@]1(C(=O)NS(=O)(=O)C2CC2)C[C@H]1CC. The van der Waals surface area contributed by atoms with Gasteiger partial charge in [0, 0.05) is 12.3 Å². The highest BCUT2D eigenvalue weighted by Crippen LogP contribution is 2.47. The van der Waals surface area contributed by atoms with Gasteiger partial charge in [0.05, 0.1) is 22.8 Å². The Labute approximate surface area is 333 Å². The van der Waals surface area contributed by atoms with Crippen molar-refractivity contribution in [3.05, 3.63) is 30.0 Å². The number of nitrogens with one attached hydrogen (secondary N) is 3. The van der Waals surface area contributed by atoms with E-state index in [0.29, 0.717) is 50.5 Å². The van der Waals surface area contributed by atoms with Gasteiger partial charge in [-0.1, -0.05) is 66.0 Å². The van der Waals surface area contributed by atoms with E-state index in [9.17, 15) is 27.6 Å². The van der Waals surface area contributed by atoms with Crippen molar-refractivity contribution < 1.29 is 45.9 Å². The van der Waals surface area contributed by atoms with Gasteiger partial charge in [-0.2, -0.15) is 8.78 Å². The molecule has 2 saturated carbocycles. The first-order chi connectivity index (χ1) is 26.8. The number of ether oxygens (including phenoxy) is 2. The van der Waals surface area contributed by atoms with Gasteiger partial charge in [0.1, 0.15) is 29.8 Å². The maximum atomic E-state index is 16.2. The number of para-hydroxylation sites is 2. The van der Waals surface area contributed by atoms with Gasteiger partial charge in [-0.3, -0.25) is 19.1 Å². The summed E-state index contributed by atoms with van der Waals surface area (Å²) in [6.07, 6.45) is 1.24. The first-order valence-electron chi connectivity index (χ1n) is 20.3. The summed E-state index contributed by atoms with van der Waals surface area (Å²) in [5.74, 6) is -7.28. The van der Waals surface area contributed by atoms with Crippen LogP contribution in [0.1, 0.15) is 118 Å². The molecule has 0 radical (unpaired) electrons. The molecule has 14 nitrogen and oxygen atoms in total. The molecule has 3 fully saturated rings. The third kappa shape index (κ3) is 9.12. The first-order valence-corrected chi connectivity index (χ1v) is 21.8. The third-order valence-electron chi connectivity index (χ3n) is 11.8. The van der Waals surface area contributed by atoms with E-state index < -0.39 is 104 Å². The number of carbonyl (C=O) groups excluding carboxylic acids is 4. The molecule has 314 valence electrons. The van der Waals surface area contributed by atoms with Crippen LogP contribution in [0.15, 0.2) is 24.3 Å². The number of hydrogen-bond donors (Lipinski definition) is 3. The fourth-order valence-electron chi connectivity index (χ4n) is 8.24.